The summed E-state index contributed by atoms with van der Waals surface area (Å²) in [4.78, 5) is 0. The molecule has 0 aromatic rings. The van der Waals surface area contributed by atoms with E-state index in [1.54, 1.807) is 0 Å². The average molecular weight is 255 g/mol. The first-order valence-corrected chi connectivity index (χ1v) is 8.36. The molecule has 3 atom stereocenters. The van der Waals surface area contributed by atoms with Gasteiger partial charge in [-0.1, -0.05) is 67.7 Å². The Bertz CT molecular complexity index is 180. The van der Waals surface area contributed by atoms with Crippen LogP contribution in [0.3, 0.4) is 0 Å². The highest BCUT2D eigenvalue weighted by atomic mass is 14.2. The second kappa shape index (κ2) is 9.87. The van der Waals surface area contributed by atoms with Gasteiger partial charge >= 0.3 is 0 Å². The van der Waals surface area contributed by atoms with E-state index in [0.29, 0.717) is 0 Å². The smallest absolute Gasteiger partial charge is 0.0388 e. The Morgan fingerprint density at radius 2 is 1.22 bits per heavy atom. The van der Waals surface area contributed by atoms with E-state index in [4.69, 9.17) is 0 Å². The Morgan fingerprint density at radius 1 is 0.667 bits per heavy atom. The van der Waals surface area contributed by atoms with E-state index in [0.717, 1.165) is 29.6 Å². The first-order valence-electron chi connectivity index (χ1n) is 8.36. The maximum Gasteiger partial charge on any atom is -0.0388 e. The van der Waals surface area contributed by atoms with E-state index in [-0.39, 0.29) is 0 Å². The molecule has 0 bridgehead atoms. The molecule has 0 fully saturated rings. The van der Waals surface area contributed by atoms with Crippen molar-refractivity contribution in [3.8, 4) is 0 Å². The first-order chi connectivity index (χ1) is 8.36. The van der Waals surface area contributed by atoms with E-state index >= 15 is 0 Å². The van der Waals surface area contributed by atoms with Crippen LogP contribution in [0.15, 0.2) is 0 Å². The maximum absolute atomic E-state index is 2.44. The fourth-order valence-electron chi connectivity index (χ4n) is 3.27. The fourth-order valence-corrected chi connectivity index (χ4v) is 3.27. The third-order valence-electron chi connectivity index (χ3n) is 4.33. The van der Waals surface area contributed by atoms with Gasteiger partial charge in [-0.05, 0) is 48.9 Å². The maximum atomic E-state index is 2.44. The van der Waals surface area contributed by atoms with Crippen LogP contribution < -0.4 is 0 Å². The molecule has 0 radical (unpaired) electrons. The molecule has 0 nitrogen and oxygen atoms in total. The average Bonchev–Trinajstić information content (AvgIpc) is 2.23. The highest BCUT2D eigenvalue weighted by Gasteiger charge is 2.17. The molecule has 0 aliphatic rings. The van der Waals surface area contributed by atoms with Crippen molar-refractivity contribution in [2.24, 2.45) is 29.6 Å². The lowest BCUT2D eigenvalue weighted by Gasteiger charge is -2.26. The van der Waals surface area contributed by atoms with Gasteiger partial charge in [-0.3, -0.25) is 0 Å². The first kappa shape index (κ1) is 18.0. The summed E-state index contributed by atoms with van der Waals surface area (Å²) in [6, 6.07) is 0. The Balaban J connectivity index is 4.04. The van der Waals surface area contributed by atoms with Crippen LogP contribution in [0.25, 0.3) is 0 Å². The lowest BCUT2D eigenvalue weighted by molar-refractivity contribution is 0.255. The molecule has 0 N–H and O–H groups in total. The zero-order chi connectivity index (χ0) is 14.1. The SMILES string of the molecule is CCCC(C)CC(CCC(C)CC(C)C)C(C)C. The van der Waals surface area contributed by atoms with Crippen molar-refractivity contribution in [1.29, 1.82) is 0 Å². The van der Waals surface area contributed by atoms with Gasteiger partial charge in [-0.15, -0.1) is 0 Å². The van der Waals surface area contributed by atoms with E-state index in [1.165, 1.54) is 38.5 Å². The van der Waals surface area contributed by atoms with Crippen molar-refractivity contribution in [2.75, 3.05) is 0 Å². The van der Waals surface area contributed by atoms with Crippen molar-refractivity contribution in [2.45, 2.75) is 87.0 Å². The molecule has 0 heterocycles. The molecule has 0 aromatic heterocycles. The van der Waals surface area contributed by atoms with Gasteiger partial charge in [-0.2, -0.15) is 0 Å². The molecular weight excluding hydrogens is 216 g/mol. The molecule has 110 valence electrons. The van der Waals surface area contributed by atoms with Crippen LogP contribution in [0.4, 0.5) is 0 Å². The molecule has 0 heteroatoms. The van der Waals surface area contributed by atoms with E-state index in [1.807, 2.05) is 0 Å². The predicted octanol–water partition coefficient (Wildman–Crippen LogP) is 6.55. The van der Waals surface area contributed by atoms with Crippen LogP contribution in [0.5, 0.6) is 0 Å². The van der Waals surface area contributed by atoms with E-state index in [9.17, 15) is 0 Å². The third kappa shape index (κ3) is 9.00. The van der Waals surface area contributed by atoms with Crippen LogP contribution in [-0.2, 0) is 0 Å². The fraction of sp³-hybridized carbons (Fsp3) is 1.00. The predicted molar refractivity (Wildman–Crippen MR) is 84.9 cm³/mol. The van der Waals surface area contributed by atoms with Gasteiger partial charge < -0.3 is 0 Å². The minimum absolute atomic E-state index is 0.857. The summed E-state index contributed by atoms with van der Waals surface area (Å²) >= 11 is 0. The van der Waals surface area contributed by atoms with Gasteiger partial charge in [0.1, 0.15) is 0 Å². The van der Waals surface area contributed by atoms with Gasteiger partial charge in [0.15, 0.2) is 0 Å². The van der Waals surface area contributed by atoms with Gasteiger partial charge in [0.25, 0.3) is 0 Å². The number of rotatable bonds is 10. The zero-order valence-electron chi connectivity index (χ0n) is 14.1. The van der Waals surface area contributed by atoms with Gasteiger partial charge in [0.2, 0.25) is 0 Å². The lowest BCUT2D eigenvalue weighted by Crippen LogP contribution is -2.14. The Labute approximate surface area is 117 Å². The van der Waals surface area contributed by atoms with Gasteiger partial charge in [0.05, 0.1) is 0 Å². The Kier molecular flexibility index (Phi) is 9.87. The van der Waals surface area contributed by atoms with Crippen LogP contribution in [-0.4, -0.2) is 0 Å². The van der Waals surface area contributed by atoms with Crippen molar-refractivity contribution in [3.05, 3.63) is 0 Å². The molecule has 0 saturated carbocycles. The van der Waals surface area contributed by atoms with Crippen LogP contribution in [0, 0.1) is 29.6 Å². The number of hydrogen-bond acceptors (Lipinski definition) is 0. The van der Waals surface area contributed by atoms with Crippen molar-refractivity contribution in [1.82, 2.24) is 0 Å². The molecule has 0 spiro atoms. The molecule has 18 heavy (non-hydrogen) atoms. The summed E-state index contributed by atoms with van der Waals surface area (Å²) in [7, 11) is 0. The molecule has 0 aromatic carbocycles. The highest BCUT2D eigenvalue weighted by Crippen LogP contribution is 2.29. The standard InChI is InChI=1S/C18H38/c1-8-9-16(6)13-18(15(4)5)11-10-17(7)12-14(2)3/h14-18H,8-13H2,1-7H3. The van der Waals surface area contributed by atoms with Crippen LogP contribution in [0.2, 0.25) is 0 Å². The monoisotopic (exact) mass is 254 g/mol. The lowest BCUT2D eigenvalue weighted by atomic mass is 9.80. The largest absolute Gasteiger partial charge is 0.0654 e. The topological polar surface area (TPSA) is 0 Å². The molecule has 0 amide bonds. The molecule has 0 rings (SSSR count). The Hall–Kier alpha value is 0. The van der Waals surface area contributed by atoms with Crippen molar-refractivity contribution in [3.63, 3.8) is 0 Å². The molecular formula is C18H38. The van der Waals surface area contributed by atoms with E-state index in [2.05, 4.69) is 48.5 Å². The summed E-state index contributed by atoms with van der Waals surface area (Å²) < 4.78 is 0. The highest BCUT2D eigenvalue weighted by molar-refractivity contribution is 4.69. The molecule has 0 aliphatic carbocycles. The minimum Gasteiger partial charge on any atom is -0.0654 e. The van der Waals surface area contributed by atoms with Crippen LogP contribution in [0.1, 0.15) is 87.0 Å². The normalized spacial score (nSPS) is 17.2. The summed E-state index contributed by atoms with van der Waals surface area (Å²) in [5.74, 6) is 4.49. The third-order valence-corrected chi connectivity index (χ3v) is 4.33. The number of hydrogen-bond donors (Lipinski definition) is 0. The second-order valence-electron chi connectivity index (χ2n) is 7.45. The quantitative estimate of drug-likeness (QED) is 0.415. The van der Waals surface area contributed by atoms with Gasteiger partial charge in [-0.25, -0.2) is 0 Å². The minimum atomic E-state index is 0.857. The summed E-state index contributed by atoms with van der Waals surface area (Å²) in [5, 5.41) is 0. The van der Waals surface area contributed by atoms with Crippen molar-refractivity contribution < 1.29 is 0 Å². The van der Waals surface area contributed by atoms with E-state index < -0.39 is 0 Å². The molecule has 0 saturated heterocycles. The molecule has 0 aliphatic heterocycles. The zero-order valence-corrected chi connectivity index (χ0v) is 14.1. The summed E-state index contributed by atoms with van der Waals surface area (Å²) in [6.07, 6.45) is 8.47. The van der Waals surface area contributed by atoms with Crippen molar-refractivity contribution >= 4 is 0 Å². The summed E-state index contributed by atoms with van der Waals surface area (Å²) in [6.45, 7) is 16.7. The molecule has 3 unspecified atom stereocenters. The van der Waals surface area contributed by atoms with Crippen LogP contribution >= 0.6 is 0 Å². The summed E-state index contributed by atoms with van der Waals surface area (Å²) in [5.41, 5.74) is 0. The second-order valence-corrected chi connectivity index (χ2v) is 7.45. The van der Waals surface area contributed by atoms with Gasteiger partial charge in [0, 0.05) is 0 Å². The Morgan fingerprint density at radius 3 is 1.67 bits per heavy atom.